The van der Waals surface area contributed by atoms with Gasteiger partial charge in [0, 0.05) is 12.7 Å². The number of hydrogen-bond acceptors (Lipinski definition) is 4. The van der Waals surface area contributed by atoms with E-state index in [-0.39, 0.29) is 18.6 Å². The number of nitrogens with zero attached hydrogens (tertiary/aromatic N) is 1. The molecule has 1 aliphatic carbocycles. The highest BCUT2D eigenvalue weighted by Gasteiger charge is 2.24. The Hall–Kier alpha value is -1.05. The first-order valence-corrected chi connectivity index (χ1v) is 7.75. The molecule has 0 radical (unpaired) electrons. The molecule has 106 valence electrons. The van der Waals surface area contributed by atoms with Gasteiger partial charge in [0.2, 0.25) is 5.03 Å². The first-order chi connectivity index (χ1) is 8.99. The minimum Gasteiger partial charge on any atom is -0.393 e. The largest absolute Gasteiger partial charge is 0.393 e. The fourth-order valence-corrected chi connectivity index (χ4v) is 3.43. The Kier molecular flexibility index (Phi) is 4.49. The van der Waals surface area contributed by atoms with Crippen LogP contribution >= 0.6 is 0 Å². The van der Waals surface area contributed by atoms with Crippen LogP contribution in [0.1, 0.15) is 25.7 Å². The standard InChI is InChI=1S/C12H17FN2O3S/c13-11-5-2-6-14-12(11)19(17,18)15-8-9-3-1-4-10(16)7-9/h2,5-6,9-10,15-16H,1,3-4,7-8H2. The summed E-state index contributed by atoms with van der Waals surface area (Å²) in [5.74, 6) is -0.774. The van der Waals surface area contributed by atoms with Crippen molar-refractivity contribution in [1.82, 2.24) is 9.71 Å². The molecule has 5 nitrogen and oxygen atoms in total. The second kappa shape index (κ2) is 5.94. The molecule has 19 heavy (non-hydrogen) atoms. The van der Waals surface area contributed by atoms with Crippen LogP contribution in [-0.4, -0.2) is 31.2 Å². The van der Waals surface area contributed by atoms with Gasteiger partial charge in [-0.05, 0) is 37.3 Å². The Morgan fingerprint density at radius 3 is 2.95 bits per heavy atom. The van der Waals surface area contributed by atoms with Gasteiger partial charge in [-0.1, -0.05) is 6.42 Å². The van der Waals surface area contributed by atoms with Crippen LogP contribution in [0.2, 0.25) is 0 Å². The Morgan fingerprint density at radius 1 is 1.47 bits per heavy atom. The average molecular weight is 288 g/mol. The van der Waals surface area contributed by atoms with E-state index in [0.29, 0.717) is 6.42 Å². The van der Waals surface area contributed by atoms with Gasteiger partial charge in [-0.15, -0.1) is 0 Å². The third kappa shape index (κ3) is 3.71. The van der Waals surface area contributed by atoms with Crippen molar-refractivity contribution in [3.05, 3.63) is 24.1 Å². The van der Waals surface area contributed by atoms with E-state index in [1.165, 1.54) is 12.3 Å². The molecule has 1 aromatic rings. The van der Waals surface area contributed by atoms with Crippen LogP contribution in [0.4, 0.5) is 4.39 Å². The van der Waals surface area contributed by atoms with Crippen LogP contribution in [0.25, 0.3) is 0 Å². The Labute approximate surface area is 111 Å². The van der Waals surface area contributed by atoms with Crippen molar-refractivity contribution in [1.29, 1.82) is 0 Å². The number of sulfonamides is 1. The van der Waals surface area contributed by atoms with Gasteiger partial charge in [0.1, 0.15) is 0 Å². The van der Waals surface area contributed by atoms with Crippen molar-refractivity contribution in [2.45, 2.75) is 36.8 Å². The second-order valence-corrected chi connectivity index (χ2v) is 6.51. The summed E-state index contributed by atoms with van der Waals surface area (Å²) in [7, 11) is -3.93. The van der Waals surface area contributed by atoms with E-state index in [2.05, 4.69) is 9.71 Å². The monoisotopic (exact) mass is 288 g/mol. The molecule has 0 spiro atoms. The minimum atomic E-state index is -3.93. The highest BCUT2D eigenvalue weighted by molar-refractivity contribution is 7.89. The predicted octanol–water partition coefficient (Wildman–Crippen LogP) is 1.05. The predicted molar refractivity (Wildman–Crippen MR) is 67.3 cm³/mol. The average Bonchev–Trinajstić information content (AvgIpc) is 2.37. The molecule has 2 rings (SSSR count). The van der Waals surface area contributed by atoms with E-state index < -0.39 is 20.9 Å². The lowest BCUT2D eigenvalue weighted by molar-refractivity contribution is 0.102. The molecule has 1 aliphatic rings. The van der Waals surface area contributed by atoms with Gasteiger partial charge in [-0.2, -0.15) is 0 Å². The lowest BCUT2D eigenvalue weighted by atomic mass is 9.87. The molecule has 0 bridgehead atoms. The Morgan fingerprint density at radius 2 is 2.26 bits per heavy atom. The van der Waals surface area contributed by atoms with Crippen LogP contribution < -0.4 is 4.72 Å². The highest BCUT2D eigenvalue weighted by Crippen LogP contribution is 2.24. The first-order valence-electron chi connectivity index (χ1n) is 6.27. The summed E-state index contributed by atoms with van der Waals surface area (Å²) in [6.07, 6.45) is 3.96. The molecule has 0 aliphatic heterocycles. The first kappa shape index (κ1) is 14.4. The number of rotatable bonds is 4. The molecule has 1 saturated carbocycles. The number of aliphatic hydroxyl groups is 1. The maximum atomic E-state index is 13.4. The third-order valence-corrected chi connectivity index (χ3v) is 4.65. The van der Waals surface area contributed by atoms with Crippen molar-refractivity contribution >= 4 is 10.0 Å². The fraction of sp³-hybridized carbons (Fsp3) is 0.583. The summed E-state index contributed by atoms with van der Waals surface area (Å²) in [5, 5.41) is 8.94. The summed E-state index contributed by atoms with van der Waals surface area (Å²) in [4.78, 5) is 3.55. The molecule has 1 aromatic heterocycles. The Balaban J connectivity index is 2.00. The summed E-state index contributed by atoms with van der Waals surface area (Å²) in [6, 6.07) is 2.40. The van der Waals surface area contributed by atoms with E-state index >= 15 is 0 Å². The van der Waals surface area contributed by atoms with E-state index in [0.717, 1.165) is 25.3 Å². The number of hydrogen-bond donors (Lipinski definition) is 2. The number of nitrogens with one attached hydrogen (secondary N) is 1. The van der Waals surface area contributed by atoms with Crippen LogP contribution in [0.15, 0.2) is 23.4 Å². The zero-order valence-corrected chi connectivity index (χ0v) is 11.2. The SMILES string of the molecule is O=S(=O)(NCC1CCCC(O)C1)c1ncccc1F. The molecule has 0 amide bonds. The normalized spacial score (nSPS) is 24.3. The van der Waals surface area contributed by atoms with E-state index in [1.54, 1.807) is 0 Å². The fourth-order valence-electron chi connectivity index (χ4n) is 2.31. The summed E-state index contributed by atoms with van der Waals surface area (Å²) in [6.45, 7) is 0.204. The number of aliphatic hydroxyl groups excluding tert-OH is 1. The second-order valence-electron chi connectivity index (χ2n) is 4.83. The molecular weight excluding hydrogens is 271 g/mol. The van der Waals surface area contributed by atoms with E-state index in [4.69, 9.17) is 0 Å². The molecule has 1 fully saturated rings. The molecule has 1 heterocycles. The van der Waals surface area contributed by atoms with Gasteiger partial charge < -0.3 is 5.11 Å². The zero-order valence-electron chi connectivity index (χ0n) is 10.4. The van der Waals surface area contributed by atoms with Gasteiger partial charge in [0.25, 0.3) is 10.0 Å². The molecule has 2 unspecified atom stereocenters. The van der Waals surface area contributed by atoms with Crippen LogP contribution in [0, 0.1) is 11.7 Å². The molecular formula is C12H17FN2O3S. The van der Waals surface area contributed by atoms with Crippen molar-refractivity contribution in [2.75, 3.05) is 6.54 Å². The number of halogens is 1. The van der Waals surface area contributed by atoms with Crippen molar-refractivity contribution in [3.63, 3.8) is 0 Å². The summed E-state index contributed by atoms with van der Waals surface area (Å²) < 4.78 is 39.6. The summed E-state index contributed by atoms with van der Waals surface area (Å²) in [5.41, 5.74) is 0. The van der Waals surface area contributed by atoms with Crippen molar-refractivity contribution < 1.29 is 17.9 Å². The maximum Gasteiger partial charge on any atom is 0.261 e. The van der Waals surface area contributed by atoms with Crippen molar-refractivity contribution in [3.8, 4) is 0 Å². The molecule has 0 saturated heterocycles. The third-order valence-electron chi connectivity index (χ3n) is 3.30. The molecule has 2 atom stereocenters. The van der Waals surface area contributed by atoms with Gasteiger partial charge in [0.05, 0.1) is 6.10 Å². The number of aromatic nitrogens is 1. The number of pyridine rings is 1. The smallest absolute Gasteiger partial charge is 0.261 e. The lowest BCUT2D eigenvalue weighted by Crippen LogP contribution is -2.33. The molecule has 2 N–H and O–H groups in total. The van der Waals surface area contributed by atoms with Gasteiger partial charge in [-0.3, -0.25) is 0 Å². The minimum absolute atomic E-state index is 0.0882. The zero-order chi connectivity index (χ0) is 13.9. The van der Waals surface area contributed by atoms with E-state index in [9.17, 15) is 17.9 Å². The van der Waals surface area contributed by atoms with Gasteiger partial charge >= 0.3 is 0 Å². The van der Waals surface area contributed by atoms with Crippen LogP contribution in [0.3, 0.4) is 0 Å². The Bertz CT molecular complexity index is 536. The van der Waals surface area contributed by atoms with Gasteiger partial charge in [-0.25, -0.2) is 22.5 Å². The topological polar surface area (TPSA) is 79.3 Å². The van der Waals surface area contributed by atoms with Gasteiger partial charge in [0.15, 0.2) is 5.82 Å². The van der Waals surface area contributed by atoms with Crippen molar-refractivity contribution in [2.24, 2.45) is 5.92 Å². The van der Waals surface area contributed by atoms with E-state index in [1.807, 2.05) is 0 Å². The highest BCUT2D eigenvalue weighted by atomic mass is 32.2. The molecule has 7 heteroatoms. The molecule has 0 aromatic carbocycles. The van der Waals surface area contributed by atoms with Crippen LogP contribution in [-0.2, 0) is 10.0 Å². The quantitative estimate of drug-likeness (QED) is 0.868. The summed E-state index contributed by atoms with van der Waals surface area (Å²) >= 11 is 0. The lowest BCUT2D eigenvalue weighted by Gasteiger charge is -2.25. The maximum absolute atomic E-state index is 13.4. The van der Waals surface area contributed by atoms with Crippen LogP contribution in [0.5, 0.6) is 0 Å².